The van der Waals surface area contributed by atoms with Crippen molar-refractivity contribution in [1.82, 2.24) is 19.9 Å². The Labute approximate surface area is 150 Å². The van der Waals surface area contributed by atoms with Crippen LogP contribution in [-0.4, -0.2) is 25.8 Å². The van der Waals surface area contributed by atoms with Crippen molar-refractivity contribution in [3.05, 3.63) is 84.2 Å². The van der Waals surface area contributed by atoms with Crippen molar-refractivity contribution in [3.63, 3.8) is 0 Å². The third-order valence-corrected chi connectivity index (χ3v) is 4.08. The molecule has 0 radical (unpaired) electrons. The molecule has 0 saturated heterocycles. The van der Waals surface area contributed by atoms with Crippen molar-refractivity contribution in [2.45, 2.75) is 12.8 Å². The maximum Gasteiger partial charge on any atom is 0.275 e. The first-order valence-electron chi connectivity index (χ1n) is 8.38. The molecule has 4 aromatic rings. The number of carbonyl (C=O) groups excluding carboxylic acids is 1. The maximum atomic E-state index is 12.2. The van der Waals surface area contributed by atoms with E-state index in [2.05, 4.69) is 37.4 Å². The van der Waals surface area contributed by atoms with Gasteiger partial charge in [0.2, 0.25) is 0 Å². The molecule has 2 aromatic carbocycles. The Bertz CT molecular complexity index is 1030. The summed E-state index contributed by atoms with van der Waals surface area (Å²) in [5.41, 5.74) is 4.02. The van der Waals surface area contributed by atoms with E-state index in [-0.39, 0.29) is 11.6 Å². The molecule has 2 heterocycles. The van der Waals surface area contributed by atoms with Gasteiger partial charge in [-0.15, -0.1) is 0 Å². The standard InChI is InChI=1S/C20H17N5O/c26-20(18-13-21-10-11-22-18)23-15-7-8-16-17(12-15)25-19(24-16)9-6-14-4-2-1-3-5-14/h1-5,7-8,10-13H,6,9H2,(H,23,26)(H,24,25). The second-order valence-electron chi connectivity index (χ2n) is 5.95. The minimum Gasteiger partial charge on any atom is -0.342 e. The van der Waals surface area contributed by atoms with Crippen molar-refractivity contribution < 1.29 is 4.79 Å². The van der Waals surface area contributed by atoms with Crippen LogP contribution in [0.2, 0.25) is 0 Å². The van der Waals surface area contributed by atoms with Gasteiger partial charge in [-0.1, -0.05) is 30.3 Å². The number of aromatic amines is 1. The van der Waals surface area contributed by atoms with Gasteiger partial charge in [0, 0.05) is 24.5 Å². The first-order chi connectivity index (χ1) is 12.8. The number of amides is 1. The highest BCUT2D eigenvalue weighted by Gasteiger charge is 2.09. The highest BCUT2D eigenvalue weighted by molar-refractivity contribution is 6.03. The van der Waals surface area contributed by atoms with Crippen LogP contribution in [0.1, 0.15) is 21.9 Å². The van der Waals surface area contributed by atoms with E-state index in [0.717, 1.165) is 29.7 Å². The molecule has 4 rings (SSSR count). The van der Waals surface area contributed by atoms with Crippen LogP contribution in [0, 0.1) is 0 Å². The molecule has 6 heteroatoms. The summed E-state index contributed by atoms with van der Waals surface area (Å²) in [6.07, 6.45) is 6.22. The molecular weight excluding hydrogens is 326 g/mol. The predicted octanol–water partition coefficient (Wildman–Crippen LogP) is 3.39. The van der Waals surface area contributed by atoms with Crippen molar-refractivity contribution in [2.75, 3.05) is 5.32 Å². The topological polar surface area (TPSA) is 83.6 Å². The van der Waals surface area contributed by atoms with Gasteiger partial charge >= 0.3 is 0 Å². The number of fused-ring (bicyclic) bond motifs is 1. The number of aryl methyl sites for hydroxylation is 2. The quantitative estimate of drug-likeness (QED) is 0.582. The molecule has 0 aliphatic rings. The summed E-state index contributed by atoms with van der Waals surface area (Å²) < 4.78 is 0. The summed E-state index contributed by atoms with van der Waals surface area (Å²) in [5, 5.41) is 2.83. The third-order valence-electron chi connectivity index (χ3n) is 4.08. The molecule has 0 fully saturated rings. The van der Waals surface area contributed by atoms with E-state index in [9.17, 15) is 4.79 Å². The molecule has 0 spiro atoms. The minimum absolute atomic E-state index is 0.278. The average molecular weight is 343 g/mol. The predicted molar refractivity (Wildman–Crippen MR) is 99.9 cm³/mol. The van der Waals surface area contributed by atoms with Gasteiger partial charge in [0.05, 0.1) is 17.2 Å². The van der Waals surface area contributed by atoms with Crippen LogP contribution in [-0.2, 0) is 12.8 Å². The number of nitrogens with one attached hydrogen (secondary N) is 2. The molecule has 0 saturated carbocycles. The van der Waals surface area contributed by atoms with Crippen molar-refractivity contribution in [1.29, 1.82) is 0 Å². The van der Waals surface area contributed by atoms with Crippen molar-refractivity contribution in [3.8, 4) is 0 Å². The normalized spacial score (nSPS) is 10.8. The Morgan fingerprint density at radius 3 is 2.73 bits per heavy atom. The van der Waals surface area contributed by atoms with E-state index in [1.54, 1.807) is 0 Å². The second-order valence-corrected chi connectivity index (χ2v) is 5.95. The Hall–Kier alpha value is -3.54. The van der Waals surface area contributed by atoms with Gasteiger partial charge < -0.3 is 10.3 Å². The number of anilines is 1. The smallest absolute Gasteiger partial charge is 0.275 e. The summed E-state index contributed by atoms with van der Waals surface area (Å²) in [5.74, 6) is 0.641. The lowest BCUT2D eigenvalue weighted by atomic mass is 10.1. The van der Waals surface area contributed by atoms with Gasteiger partial charge in [-0.3, -0.25) is 9.78 Å². The van der Waals surface area contributed by atoms with Crippen LogP contribution < -0.4 is 5.32 Å². The molecule has 128 valence electrons. The highest BCUT2D eigenvalue weighted by Crippen LogP contribution is 2.18. The van der Waals surface area contributed by atoms with E-state index in [1.165, 1.54) is 24.2 Å². The minimum atomic E-state index is -0.290. The number of H-pyrrole nitrogens is 1. The fourth-order valence-electron chi connectivity index (χ4n) is 2.78. The van der Waals surface area contributed by atoms with E-state index in [0.29, 0.717) is 5.69 Å². The zero-order valence-electron chi connectivity index (χ0n) is 14.0. The van der Waals surface area contributed by atoms with Crippen LogP contribution in [0.15, 0.2) is 67.1 Å². The number of hydrogen-bond donors (Lipinski definition) is 2. The van der Waals surface area contributed by atoms with Gasteiger partial charge in [-0.2, -0.15) is 0 Å². The van der Waals surface area contributed by atoms with Crippen LogP contribution in [0.3, 0.4) is 0 Å². The summed E-state index contributed by atoms with van der Waals surface area (Å²) in [6.45, 7) is 0. The second kappa shape index (κ2) is 7.14. The zero-order chi connectivity index (χ0) is 17.8. The van der Waals surface area contributed by atoms with Crippen LogP contribution in [0.4, 0.5) is 5.69 Å². The number of hydrogen-bond acceptors (Lipinski definition) is 4. The lowest BCUT2D eigenvalue weighted by molar-refractivity contribution is 0.102. The molecular formula is C20H17N5O. The molecule has 0 atom stereocenters. The molecule has 2 N–H and O–H groups in total. The van der Waals surface area contributed by atoms with E-state index in [4.69, 9.17) is 0 Å². The number of imidazole rings is 1. The average Bonchev–Trinajstić information content (AvgIpc) is 3.10. The summed E-state index contributed by atoms with van der Waals surface area (Å²) >= 11 is 0. The fourth-order valence-corrected chi connectivity index (χ4v) is 2.78. The van der Waals surface area contributed by atoms with Gasteiger partial charge in [-0.05, 0) is 30.2 Å². The molecule has 0 aliphatic heterocycles. The molecule has 26 heavy (non-hydrogen) atoms. The summed E-state index contributed by atoms with van der Waals surface area (Å²) in [4.78, 5) is 28.0. The first-order valence-corrected chi connectivity index (χ1v) is 8.38. The van der Waals surface area contributed by atoms with Crippen LogP contribution >= 0.6 is 0 Å². The molecule has 0 unspecified atom stereocenters. The van der Waals surface area contributed by atoms with Crippen molar-refractivity contribution >= 4 is 22.6 Å². The van der Waals surface area contributed by atoms with Gasteiger partial charge in [-0.25, -0.2) is 9.97 Å². The Morgan fingerprint density at radius 1 is 1.04 bits per heavy atom. The highest BCUT2D eigenvalue weighted by atomic mass is 16.1. The zero-order valence-corrected chi connectivity index (χ0v) is 14.0. The Kier molecular flexibility index (Phi) is 4.38. The molecule has 0 bridgehead atoms. The third kappa shape index (κ3) is 3.59. The van der Waals surface area contributed by atoms with Gasteiger partial charge in [0.15, 0.2) is 0 Å². The van der Waals surface area contributed by atoms with Gasteiger partial charge in [0.25, 0.3) is 5.91 Å². The lowest BCUT2D eigenvalue weighted by Crippen LogP contribution is -2.13. The molecule has 2 aromatic heterocycles. The largest absolute Gasteiger partial charge is 0.342 e. The molecule has 6 nitrogen and oxygen atoms in total. The summed E-state index contributed by atoms with van der Waals surface area (Å²) in [7, 11) is 0. The number of rotatable bonds is 5. The number of aromatic nitrogens is 4. The SMILES string of the molecule is O=C(Nc1ccc2nc(CCc3ccccc3)[nH]c2c1)c1cnccn1. The molecule has 1 amide bonds. The van der Waals surface area contributed by atoms with E-state index < -0.39 is 0 Å². The Balaban J connectivity index is 1.48. The van der Waals surface area contributed by atoms with Crippen LogP contribution in [0.25, 0.3) is 11.0 Å². The molecule has 0 aliphatic carbocycles. The van der Waals surface area contributed by atoms with E-state index in [1.807, 2.05) is 36.4 Å². The lowest BCUT2D eigenvalue weighted by Gasteiger charge is -2.03. The van der Waals surface area contributed by atoms with Crippen molar-refractivity contribution in [2.24, 2.45) is 0 Å². The van der Waals surface area contributed by atoms with E-state index >= 15 is 0 Å². The maximum absolute atomic E-state index is 12.2. The van der Waals surface area contributed by atoms with Gasteiger partial charge in [0.1, 0.15) is 11.5 Å². The number of carbonyl (C=O) groups is 1. The summed E-state index contributed by atoms with van der Waals surface area (Å²) in [6, 6.07) is 15.9. The fraction of sp³-hybridized carbons (Fsp3) is 0.100. The Morgan fingerprint density at radius 2 is 1.92 bits per heavy atom. The number of benzene rings is 2. The monoisotopic (exact) mass is 343 g/mol. The van der Waals surface area contributed by atoms with Crippen LogP contribution in [0.5, 0.6) is 0 Å². The number of nitrogens with zero attached hydrogens (tertiary/aromatic N) is 3. The first kappa shape index (κ1) is 16.0.